The molecule has 1 saturated heterocycles. The van der Waals surface area contributed by atoms with Crippen LogP contribution in [0.25, 0.3) is 11.3 Å². The maximum Gasteiger partial charge on any atom is 0.233 e. The standard InChI is InChI=1S/C25H33ClFN3O/c1-17(24(2,3)4)16-30-11-9-25(10-12-30)14-19(15-25)31-23-8-7-22(28-29-23)20-13-18(27)5-6-21(20)26/h5-8,13,17,19H,9-12,14-16H2,1-4H3. The fourth-order valence-corrected chi connectivity index (χ4v) is 4.87. The fraction of sp³-hybridized carbons (Fsp3) is 0.600. The van der Waals surface area contributed by atoms with Crippen molar-refractivity contribution in [1.29, 1.82) is 0 Å². The molecule has 2 fully saturated rings. The average Bonchev–Trinajstić information content (AvgIpc) is 2.70. The van der Waals surface area contributed by atoms with E-state index < -0.39 is 0 Å². The van der Waals surface area contributed by atoms with Crippen molar-refractivity contribution in [3.05, 3.63) is 41.2 Å². The molecular weight excluding hydrogens is 413 g/mol. The number of hydrogen-bond acceptors (Lipinski definition) is 4. The maximum absolute atomic E-state index is 13.5. The first-order valence-corrected chi connectivity index (χ1v) is 11.7. The van der Waals surface area contributed by atoms with Gasteiger partial charge in [-0.2, -0.15) is 0 Å². The lowest BCUT2D eigenvalue weighted by Crippen LogP contribution is -2.51. The van der Waals surface area contributed by atoms with Gasteiger partial charge in [0, 0.05) is 18.2 Å². The van der Waals surface area contributed by atoms with Crippen LogP contribution in [0.15, 0.2) is 30.3 Å². The molecule has 2 aliphatic rings. The first kappa shape index (κ1) is 22.5. The topological polar surface area (TPSA) is 38.2 Å². The fourth-order valence-electron chi connectivity index (χ4n) is 4.66. The third kappa shape index (κ3) is 5.20. The summed E-state index contributed by atoms with van der Waals surface area (Å²) in [7, 11) is 0. The molecule has 1 unspecified atom stereocenters. The van der Waals surface area contributed by atoms with Crippen LogP contribution < -0.4 is 4.74 Å². The van der Waals surface area contributed by atoms with Crippen LogP contribution in [-0.4, -0.2) is 40.8 Å². The van der Waals surface area contributed by atoms with Gasteiger partial charge >= 0.3 is 0 Å². The van der Waals surface area contributed by atoms with E-state index in [9.17, 15) is 4.39 Å². The number of piperidine rings is 1. The molecule has 0 amide bonds. The third-order valence-corrected chi connectivity index (χ3v) is 7.71. The van der Waals surface area contributed by atoms with Gasteiger partial charge in [-0.25, -0.2) is 4.39 Å². The normalized spacial score (nSPS) is 20.5. The molecule has 2 heterocycles. The lowest BCUT2D eigenvalue weighted by atomic mass is 9.61. The minimum absolute atomic E-state index is 0.206. The van der Waals surface area contributed by atoms with Crippen LogP contribution in [0.1, 0.15) is 53.4 Å². The maximum atomic E-state index is 13.5. The summed E-state index contributed by atoms with van der Waals surface area (Å²) in [5.74, 6) is 0.871. The molecule has 2 aromatic rings. The molecule has 168 valence electrons. The van der Waals surface area contributed by atoms with E-state index in [1.165, 1.54) is 50.7 Å². The molecule has 0 radical (unpaired) electrons. The van der Waals surface area contributed by atoms with E-state index in [1.54, 1.807) is 12.1 Å². The van der Waals surface area contributed by atoms with Crippen molar-refractivity contribution in [1.82, 2.24) is 15.1 Å². The molecule has 4 nitrogen and oxygen atoms in total. The summed E-state index contributed by atoms with van der Waals surface area (Å²) in [6.07, 6.45) is 4.90. The molecule has 1 aliphatic heterocycles. The van der Waals surface area contributed by atoms with Crippen molar-refractivity contribution in [2.75, 3.05) is 19.6 Å². The quantitative estimate of drug-likeness (QED) is 0.545. The van der Waals surface area contributed by atoms with Gasteiger partial charge in [-0.1, -0.05) is 39.3 Å². The second kappa shape index (κ2) is 8.67. The second-order valence-corrected chi connectivity index (χ2v) is 11.0. The molecule has 1 aromatic heterocycles. The monoisotopic (exact) mass is 445 g/mol. The van der Waals surface area contributed by atoms with Crippen LogP contribution in [0.5, 0.6) is 5.88 Å². The van der Waals surface area contributed by atoms with Crippen molar-refractivity contribution in [3.8, 4) is 17.1 Å². The van der Waals surface area contributed by atoms with Gasteiger partial charge in [-0.05, 0) is 79.8 Å². The molecule has 1 aromatic carbocycles. The van der Waals surface area contributed by atoms with E-state index in [2.05, 4.69) is 42.8 Å². The number of aromatic nitrogens is 2. The van der Waals surface area contributed by atoms with Crippen LogP contribution >= 0.6 is 11.6 Å². The Morgan fingerprint density at radius 3 is 2.48 bits per heavy atom. The Morgan fingerprint density at radius 1 is 1.16 bits per heavy atom. The third-order valence-electron chi connectivity index (χ3n) is 7.38. The zero-order chi connectivity index (χ0) is 22.2. The summed E-state index contributed by atoms with van der Waals surface area (Å²) in [5, 5.41) is 8.83. The SMILES string of the molecule is CC(CN1CCC2(CC1)CC(Oc1ccc(-c3cc(F)ccc3Cl)nn1)C2)C(C)(C)C. The van der Waals surface area contributed by atoms with Crippen LogP contribution in [0.2, 0.25) is 5.02 Å². The summed E-state index contributed by atoms with van der Waals surface area (Å²) in [5.41, 5.74) is 1.88. The number of ether oxygens (including phenoxy) is 1. The lowest BCUT2D eigenvalue weighted by Gasteiger charge is -2.52. The van der Waals surface area contributed by atoms with Crippen molar-refractivity contribution in [2.45, 2.75) is 59.5 Å². The van der Waals surface area contributed by atoms with Gasteiger partial charge in [-0.3, -0.25) is 0 Å². The summed E-state index contributed by atoms with van der Waals surface area (Å²) in [4.78, 5) is 2.64. The van der Waals surface area contributed by atoms with Gasteiger partial charge < -0.3 is 9.64 Å². The van der Waals surface area contributed by atoms with Gasteiger partial charge in [-0.15, -0.1) is 10.2 Å². The Hall–Kier alpha value is -1.72. The van der Waals surface area contributed by atoms with Crippen LogP contribution in [0.3, 0.4) is 0 Å². The molecule has 1 atom stereocenters. The number of likely N-dealkylation sites (tertiary alicyclic amines) is 1. The van der Waals surface area contributed by atoms with Gasteiger partial charge in [0.2, 0.25) is 5.88 Å². The minimum atomic E-state index is -0.347. The van der Waals surface area contributed by atoms with Crippen LogP contribution in [-0.2, 0) is 0 Å². The smallest absolute Gasteiger partial charge is 0.233 e. The van der Waals surface area contributed by atoms with Crippen molar-refractivity contribution >= 4 is 11.6 Å². The highest BCUT2D eigenvalue weighted by Gasteiger charge is 2.47. The first-order valence-electron chi connectivity index (χ1n) is 11.3. The predicted octanol–water partition coefficient (Wildman–Crippen LogP) is 6.24. The average molecular weight is 446 g/mol. The summed E-state index contributed by atoms with van der Waals surface area (Å²) in [6.45, 7) is 12.9. The lowest BCUT2D eigenvalue weighted by molar-refractivity contribution is -0.0602. The molecule has 0 N–H and O–H groups in total. The number of hydrogen-bond donors (Lipinski definition) is 0. The van der Waals surface area contributed by atoms with Gasteiger partial charge in [0.05, 0.1) is 10.7 Å². The zero-order valence-electron chi connectivity index (χ0n) is 19.0. The zero-order valence-corrected chi connectivity index (χ0v) is 19.8. The largest absolute Gasteiger partial charge is 0.473 e. The van der Waals surface area contributed by atoms with E-state index in [0.717, 1.165) is 12.8 Å². The Balaban J connectivity index is 1.26. The van der Waals surface area contributed by atoms with Crippen LogP contribution in [0.4, 0.5) is 4.39 Å². The molecule has 4 rings (SSSR count). The number of halogens is 2. The van der Waals surface area contributed by atoms with Crippen LogP contribution in [0, 0.1) is 22.6 Å². The molecule has 1 saturated carbocycles. The first-order chi connectivity index (χ1) is 14.6. The Bertz CT molecular complexity index is 896. The highest BCUT2D eigenvalue weighted by Crippen LogP contribution is 2.50. The number of nitrogens with zero attached hydrogens (tertiary/aromatic N) is 3. The van der Waals surface area contributed by atoms with Crippen molar-refractivity contribution < 1.29 is 9.13 Å². The van der Waals surface area contributed by atoms with E-state index >= 15 is 0 Å². The highest BCUT2D eigenvalue weighted by molar-refractivity contribution is 6.33. The Labute approximate surface area is 190 Å². The van der Waals surface area contributed by atoms with Crippen molar-refractivity contribution in [3.63, 3.8) is 0 Å². The van der Waals surface area contributed by atoms with Gasteiger partial charge in [0.15, 0.2) is 0 Å². The van der Waals surface area contributed by atoms with Crippen molar-refractivity contribution in [2.24, 2.45) is 16.7 Å². The number of rotatable bonds is 5. The van der Waals surface area contributed by atoms with E-state index in [4.69, 9.17) is 16.3 Å². The Kier molecular flexibility index (Phi) is 6.28. The molecule has 1 aliphatic carbocycles. The molecule has 6 heteroatoms. The van der Waals surface area contributed by atoms with Gasteiger partial charge in [0.25, 0.3) is 0 Å². The predicted molar refractivity (Wildman–Crippen MR) is 123 cm³/mol. The minimum Gasteiger partial charge on any atom is -0.473 e. The summed E-state index contributed by atoms with van der Waals surface area (Å²) >= 11 is 6.16. The van der Waals surface area contributed by atoms with Gasteiger partial charge in [0.1, 0.15) is 11.9 Å². The molecule has 1 spiro atoms. The highest BCUT2D eigenvalue weighted by atomic mass is 35.5. The van der Waals surface area contributed by atoms with E-state index in [0.29, 0.717) is 38.9 Å². The van der Waals surface area contributed by atoms with E-state index in [1.807, 2.05) is 0 Å². The summed E-state index contributed by atoms with van der Waals surface area (Å²) in [6, 6.07) is 7.81. The molecular formula is C25H33ClFN3O. The Morgan fingerprint density at radius 2 is 1.87 bits per heavy atom. The molecule has 31 heavy (non-hydrogen) atoms. The number of benzene rings is 1. The van der Waals surface area contributed by atoms with E-state index in [-0.39, 0.29) is 11.9 Å². The molecule has 0 bridgehead atoms. The summed E-state index contributed by atoms with van der Waals surface area (Å²) < 4.78 is 19.6. The second-order valence-electron chi connectivity index (χ2n) is 10.6.